The van der Waals surface area contributed by atoms with E-state index < -0.39 is 0 Å². The second-order valence-corrected chi connectivity index (χ2v) is 9.52. The number of piperidine rings is 2. The van der Waals surface area contributed by atoms with Crippen molar-refractivity contribution in [2.24, 2.45) is 5.92 Å². The van der Waals surface area contributed by atoms with Gasteiger partial charge in [-0.2, -0.15) is 0 Å². The van der Waals surface area contributed by atoms with Crippen molar-refractivity contribution in [3.63, 3.8) is 0 Å². The fraction of sp³-hybridized carbons (Fsp3) is 0.500. The minimum absolute atomic E-state index is 0.118. The molecule has 30 heavy (non-hydrogen) atoms. The van der Waals surface area contributed by atoms with Gasteiger partial charge in [0.2, 0.25) is 5.91 Å². The first kappa shape index (κ1) is 19.8. The quantitative estimate of drug-likeness (QED) is 0.738. The summed E-state index contributed by atoms with van der Waals surface area (Å²) in [6.45, 7) is 6.27. The van der Waals surface area contributed by atoms with Gasteiger partial charge in [0.05, 0.1) is 0 Å². The van der Waals surface area contributed by atoms with Crippen LogP contribution < -0.4 is 5.56 Å². The molecule has 0 N–H and O–H groups in total. The van der Waals surface area contributed by atoms with Crippen LogP contribution in [0.25, 0.3) is 11.1 Å². The van der Waals surface area contributed by atoms with Crippen LogP contribution in [-0.4, -0.2) is 52.5 Å². The number of pyridine rings is 1. The van der Waals surface area contributed by atoms with Gasteiger partial charge in [0, 0.05) is 67.9 Å². The van der Waals surface area contributed by atoms with Gasteiger partial charge in [0.1, 0.15) is 0 Å². The minimum atomic E-state index is 0.118. The van der Waals surface area contributed by atoms with Gasteiger partial charge in [0.25, 0.3) is 5.56 Å². The van der Waals surface area contributed by atoms with E-state index in [9.17, 15) is 9.59 Å². The Hall–Kier alpha value is -2.11. The van der Waals surface area contributed by atoms with E-state index in [1.807, 2.05) is 39.8 Å². The highest BCUT2D eigenvalue weighted by Crippen LogP contribution is 2.37. The third kappa shape index (κ3) is 3.58. The largest absolute Gasteiger partial charge is 0.343 e. The Morgan fingerprint density at radius 1 is 1.00 bits per heavy atom. The van der Waals surface area contributed by atoms with Crippen molar-refractivity contribution in [2.45, 2.75) is 44.7 Å². The summed E-state index contributed by atoms with van der Waals surface area (Å²) < 4.78 is 2.03. The number of amides is 1. The lowest BCUT2D eigenvalue weighted by atomic mass is 9.81. The van der Waals surface area contributed by atoms with E-state index >= 15 is 0 Å². The second kappa shape index (κ2) is 7.86. The lowest BCUT2D eigenvalue weighted by Crippen LogP contribution is -2.53. The van der Waals surface area contributed by atoms with Crippen molar-refractivity contribution >= 4 is 17.5 Å². The van der Waals surface area contributed by atoms with Gasteiger partial charge in [-0.25, -0.2) is 0 Å². The second-order valence-electron chi connectivity index (χ2n) is 9.08. The molecule has 5 rings (SSSR count). The Morgan fingerprint density at radius 2 is 1.73 bits per heavy atom. The van der Waals surface area contributed by atoms with Gasteiger partial charge in [-0.1, -0.05) is 23.7 Å². The van der Waals surface area contributed by atoms with Gasteiger partial charge in [-0.15, -0.1) is 0 Å². The Bertz CT molecular complexity index is 1010. The van der Waals surface area contributed by atoms with Crippen LogP contribution in [0.4, 0.5) is 0 Å². The monoisotopic (exact) mass is 425 g/mol. The maximum absolute atomic E-state index is 13.3. The van der Waals surface area contributed by atoms with Crippen molar-refractivity contribution in [3.8, 4) is 11.1 Å². The van der Waals surface area contributed by atoms with Crippen LogP contribution in [0.1, 0.15) is 37.8 Å². The normalized spacial score (nSPS) is 24.5. The fourth-order valence-electron chi connectivity index (χ4n) is 5.68. The average Bonchev–Trinajstić information content (AvgIpc) is 2.75. The van der Waals surface area contributed by atoms with Crippen LogP contribution in [0.2, 0.25) is 5.02 Å². The number of halogens is 1. The summed E-state index contributed by atoms with van der Waals surface area (Å²) in [5.74, 6) is 1.12. The van der Waals surface area contributed by atoms with Crippen molar-refractivity contribution in [3.05, 3.63) is 57.5 Å². The first-order valence-corrected chi connectivity index (χ1v) is 11.4. The molecule has 1 amide bonds. The third-order valence-electron chi connectivity index (χ3n) is 7.21. The van der Waals surface area contributed by atoms with Gasteiger partial charge in [-0.05, 0) is 55.0 Å². The number of benzene rings is 1. The van der Waals surface area contributed by atoms with Gasteiger partial charge >= 0.3 is 0 Å². The van der Waals surface area contributed by atoms with Crippen molar-refractivity contribution < 1.29 is 4.79 Å². The molecule has 2 atom stereocenters. The van der Waals surface area contributed by atoms with Crippen LogP contribution in [0.15, 0.2) is 41.2 Å². The molecule has 158 valence electrons. The molecule has 0 unspecified atom stereocenters. The Kier molecular flexibility index (Phi) is 5.19. The number of carbonyl (C=O) groups excluding carboxylic acids is 1. The van der Waals surface area contributed by atoms with E-state index in [0.717, 1.165) is 56.7 Å². The van der Waals surface area contributed by atoms with E-state index in [4.69, 9.17) is 11.6 Å². The van der Waals surface area contributed by atoms with Gasteiger partial charge in [-0.3, -0.25) is 14.5 Å². The number of rotatable bonds is 2. The van der Waals surface area contributed by atoms with Gasteiger partial charge < -0.3 is 9.47 Å². The zero-order chi connectivity index (χ0) is 20.8. The van der Waals surface area contributed by atoms with Gasteiger partial charge in [0.15, 0.2) is 0 Å². The van der Waals surface area contributed by atoms with Crippen LogP contribution in [-0.2, 0) is 11.3 Å². The summed E-state index contributed by atoms with van der Waals surface area (Å²) in [5.41, 5.74) is 2.98. The highest BCUT2D eigenvalue weighted by atomic mass is 35.5. The van der Waals surface area contributed by atoms with E-state index in [0.29, 0.717) is 22.9 Å². The molecular weight excluding hydrogens is 398 g/mol. The maximum Gasteiger partial charge on any atom is 0.258 e. The Morgan fingerprint density at radius 3 is 2.43 bits per heavy atom. The number of fused-ring (bicyclic) bond motifs is 4. The number of hydrogen-bond donors (Lipinski definition) is 0. The van der Waals surface area contributed by atoms with Crippen LogP contribution >= 0.6 is 11.6 Å². The van der Waals surface area contributed by atoms with Crippen LogP contribution in [0.5, 0.6) is 0 Å². The van der Waals surface area contributed by atoms with Crippen molar-refractivity contribution in [1.82, 2.24) is 14.4 Å². The van der Waals surface area contributed by atoms with E-state index in [2.05, 4.69) is 11.0 Å². The summed E-state index contributed by atoms with van der Waals surface area (Å²) in [7, 11) is 0. The number of carbonyl (C=O) groups is 1. The summed E-state index contributed by atoms with van der Waals surface area (Å²) in [4.78, 5) is 29.5. The van der Waals surface area contributed by atoms with E-state index in [-0.39, 0.29) is 11.5 Å². The molecule has 0 saturated carbocycles. The number of hydrogen-bond acceptors (Lipinski definition) is 3. The minimum Gasteiger partial charge on any atom is -0.343 e. The van der Waals surface area contributed by atoms with Crippen LogP contribution in [0, 0.1) is 5.92 Å². The molecule has 1 aromatic carbocycles. The zero-order valence-electron chi connectivity index (χ0n) is 17.4. The summed E-state index contributed by atoms with van der Waals surface area (Å²) in [5, 5.41) is 0.681. The van der Waals surface area contributed by atoms with Crippen molar-refractivity contribution in [1.29, 1.82) is 0 Å². The highest BCUT2D eigenvalue weighted by Gasteiger charge is 2.38. The fourth-order valence-corrected chi connectivity index (χ4v) is 5.80. The van der Waals surface area contributed by atoms with E-state index in [1.54, 1.807) is 6.92 Å². The number of aromatic nitrogens is 1. The topological polar surface area (TPSA) is 45.6 Å². The standard InChI is InChI=1S/C24H28ClN3O2/c1-16(29)26-10-8-21(9-11-26)27-13-17-12-19(15-27)23-7-6-22(24(30)28(23)14-17)18-2-4-20(25)5-3-18/h2-7,17,19,21H,8-15H2,1H3/t17-,19+/m0/s1. The molecular formula is C24H28ClN3O2. The molecule has 2 aromatic rings. The third-order valence-corrected chi connectivity index (χ3v) is 7.47. The molecule has 4 heterocycles. The molecule has 1 aromatic heterocycles. The predicted molar refractivity (Wildman–Crippen MR) is 119 cm³/mol. The molecule has 2 bridgehead atoms. The number of likely N-dealkylation sites (tertiary alicyclic amines) is 2. The highest BCUT2D eigenvalue weighted by molar-refractivity contribution is 6.30. The molecule has 2 saturated heterocycles. The Labute approximate surface area is 182 Å². The SMILES string of the molecule is CC(=O)N1CCC(N2C[C@@H]3C[C@H](C2)c2ccc(-c4ccc(Cl)cc4)c(=O)n2C3)CC1. The first-order valence-electron chi connectivity index (χ1n) is 11.0. The maximum atomic E-state index is 13.3. The lowest BCUT2D eigenvalue weighted by molar-refractivity contribution is -0.130. The van der Waals surface area contributed by atoms with Crippen LogP contribution in [0.3, 0.4) is 0 Å². The molecule has 0 radical (unpaired) electrons. The summed E-state index contributed by atoms with van der Waals surface area (Å²) in [6, 6.07) is 12.2. The summed E-state index contributed by atoms with van der Waals surface area (Å²) >= 11 is 6.01. The summed E-state index contributed by atoms with van der Waals surface area (Å²) in [6.07, 6.45) is 3.28. The molecule has 3 aliphatic heterocycles. The molecule has 0 spiro atoms. The lowest BCUT2D eigenvalue weighted by Gasteiger charge is -2.47. The first-order chi connectivity index (χ1) is 14.5. The smallest absolute Gasteiger partial charge is 0.258 e. The zero-order valence-corrected chi connectivity index (χ0v) is 18.1. The number of nitrogens with zero attached hydrogens (tertiary/aromatic N) is 3. The molecule has 2 fully saturated rings. The average molecular weight is 426 g/mol. The predicted octanol–water partition coefficient (Wildman–Crippen LogP) is 3.60. The molecule has 5 nitrogen and oxygen atoms in total. The molecule has 0 aliphatic carbocycles. The van der Waals surface area contributed by atoms with Crippen molar-refractivity contribution in [2.75, 3.05) is 26.2 Å². The van der Waals surface area contributed by atoms with E-state index in [1.165, 1.54) is 12.1 Å². The Balaban J connectivity index is 1.37. The molecule has 3 aliphatic rings. The molecule has 6 heteroatoms.